The predicted octanol–water partition coefficient (Wildman–Crippen LogP) is 7.82. The standard InChI is InChI=1S/C28H21F4N3O3S/c1-3-23(24-15(2)33-26(39-24)17-4-8-18(9-5-17)28(30,31)32)37-20-12-13-21(25-34-27(36)38-35-25)22(14-20)16-6-10-19(29)11-7-16/h4-14,23H,3H2,1-2H3,(H,34,35,36). The molecule has 1 atom stereocenters. The van der Waals surface area contributed by atoms with Crippen LogP contribution in [0.3, 0.4) is 0 Å². The number of aromatic nitrogens is 3. The number of rotatable bonds is 7. The van der Waals surface area contributed by atoms with Gasteiger partial charge >= 0.3 is 11.9 Å². The van der Waals surface area contributed by atoms with Gasteiger partial charge in [0.25, 0.3) is 0 Å². The molecule has 6 nitrogen and oxygen atoms in total. The molecule has 1 N–H and O–H groups in total. The van der Waals surface area contributed by atoms with Gasteiger partial charge in [0.15, 0.2) is 5.82 Å². The number of halogens is 4. The van der Waals surface area contributed by atoms with Gasteiger partial charge in [-0.15, -0.1) is 11.3 Å². The quantitative estimate of drug-likeness (QED) is 0.207. The van der Waals surface area contributed by atoms with E-state index >= 15 is 0 Å². The van der Waals surface area contributed by atoms with E-state index in [0.717, 1.165) is 22.7 Å². The minimum Gasteiger partial charge on any atom is -0.485 e. The first kappa shape index (κ1) is 26.4. The van der Waals surface area contributed by atoms with Gasteiger partial charge in [-0.2, -0.15) is 13.2 Å². The molecule has 0 aliphatic carbocycles. The van der Waals surface area contributed by atoms with Crippen LogP contribution in [0.15, 0.2) is 76.0 Å². The van der Waals surface area contributed by atoms with E-state index in [1.807, 2.05) is 13.8 Å². The first-order chi connectivity index (χ1) is 18.6. The summed E-state index contributed by atoms with van der Waals surface area (Å²) in [7, 11) is 0. The predicted molar refractivity (Wildman–Crippen MR) is 139 cm³/mol. The van der Waals surface area contributed by atoms with Gasteiger partial charge in [-0.1, -0.05) is 36.3 Å². The van der Waals surface area contributed by atoms with Gasteiger partial charge in [-0.3, -0.25) is 9.51 Å². The highest BCUT2D eigenvalue weighted by atomic mass is 32.1. The van der Waals surface area contributed by atoms with E-state index in [1.54, 1.807) is 30.3 Å². The number of hydrogen-bond acceptors (Lipinski definition) is 6. The summed E-state index contributed by atoms with van der Waals surface area (Å²) in [6, 6.07) is 16.0. The Kier molecular flexibility index (Phi) is 7.09. The Morgan fingerprint density at radius 3 is 2.31 bits per heavy atom. The van der Waals surface area contributed by atoms with Crippen molar-refractivity contribution in [3.05, 3.63) is 99.2 Å². The largest absolute Gasteiger partial charge is 0.485 e. The lowest BCUT2D eigenvalue weighted by Crippen LogP contribution is -2.06. The van der Waals surface area contributed by atoms with E-state index in [9.17, 15) is 22.4 Å². The van der Waals surface area contributed by atoms with Crippen LogP contribution in [0.1, 0.15) is 35.6 Å². The van der Waals surface area contributed by atoms with Crippen LogP contribution in [0.4, 0.5) is 17.6 Å². The fraction of sp³-hybridized carbons (Fsp3) is 0.179. The molecule has 5 rings (SSSR count). The van der Waals surface area contributed by atoms with Gasteiger partial charge in [0, 0.05) is 11.1 Å². The third kappa shape index (κ3) is 5.63. The molecule has 0 saturated carbocycles. The van der Waals surface area contributed by atoms with Gasteiger partial charge in [-0.05, 0) is 66.9 Å². The first-order valence-electron chi connectivity index (χ1n) is 11.9. The van der Waals surface area contributed by atoms with Gasteiger partial charge in [-0.25, -0.2) is 14.2 Å². The lowest BCUT2D eigenvalue weighted by Gasteiger charge is -2.18. The number of hydrogen-bond donors (Lipinski definition) is 1. The van der Waals surface area contributed by atoms with Crippen molar-refractivity contribution >= 4 is 11.3 Å². The lowest BCUT2D eigenvalue weighted by molar-refractivity contribution is -0.137. The summed E-state index contributed by atoms with van der Waals surface area (Å²) in [5.74, 6) is -0.360. The number of thiazole rings is 1. The maximum absolute atomic E-state index is 13.6. The summed E-state index contributed by atoms with van der Waals surface area (Å²) in [5, 5.41) is 4.37. The van der Waals surface area contributed by atoms with Crippen molar-refractivity contribution in [3.8, 4) is 38.8 Å². The molecule has 0 radical (unpaired) electrons. The van der Waals surface area contributed by atoms with Crippen molar-refractivity contribution < 1.29 is 26.8 Å². The molecule has 1 unspecified atom stereocenters. The average Bonchev–Trinajstić information content (AvgIpc) is 3.52. The third-order valence-electron chi connectivity index (χ3n) is 6.07. The van der Waals surface area contributed by atoms with Gasteiger partial charge in [0.05, 0.1) is 16.1 Å². The van der Waals surface area contributed by atoms with Crippen LogP contribution >= 0.6 is 11.3 Å². The molecule has 0 aliphatic rings. The fourth-order valence-electron chi connectivity index (χ4n) is 4.14. The number of alkyl halides is 3. The second-order valence-corrected chi connectivity index (χ2v) is 9.75. The van der Waals surface area contributed by atoms with E-state index in [1.165, 1.54) is 35.6 Å². The molecule has 0 fully saturated rings. The number of H-pyrrole nitrogens is 1. The van der Waals surface area contributed by atoms with Crippen molar-refractivity contribution in [3.63, 3.8) is 0 Å². The zero-order valence-corrected chi connectivity index (χ0v) is 21.5. The molecule has 0 amide bonds. The van der Waals surface area contributed by atoms with E-state index in [2.05, 4.69) is 19.6 Å². The Hall–Kier alpha value is -4.25. The van der Waals surface area contributed by atoms with Crippen LogP contribution < -0.4 is 10.5 Å². The van der Waals surface area contributed by atoms with Crippen LogP contribution in [-0.4, -0.2) is 15.1 Å². The Morgan fingerprint density at radius 1 is 1.00 bits per heavy atom. The zero-order chi connectivity index (χ0) is 27.7. The Labute approximate surface area is 223 Å². The van der Waals surface area contributed by atoms with E-state index in [4.69, 9.17) is 4.74 Å². The number of aromatic amines is 1. The Balaban J connectivity index is 1.47. The van der Waals surface area contributed by atoms with Crippen molar-refractivity contribution in [1.82, 2.24) is 15.1 Å². The molecule has 39 heavy (non-hydrogen) atoms. The highest BCUT2D eigenvalue weighted by Crippen LogP contribution is 2.39. The Bertz CT molecular complexity index is 1660. The normalized spacial score (nSPS) is 12.5. The van der Waals surface area contributed by atoms with Crippen LogP contribution in [-0.2, 0) is 6.18 Å². The topological polar surface area (TPSA) is 81.0 Å². The molecule has 5 aromatic rings. The third-order valence-corrected chi connectivity index (χ3v) is 7.37. The monoisotopic (exact) mass is 555 g/mol. The summed E-state index contributed by atoms with van der Waals surface area (Å²) in [6.45, 7) is 3.79. The molecule has 0 bridgehead atoms. The van der Waals surface area contributed by atoms with Crippen LogP contribution in [0.5, 0.6) is 5.75 Å². The molecule has 3 aromatic carbocycles. The minimum atomic E-state index is -4.41. The molecule has 0 spiro atoms. The summed E-state index contributed by atoms with van der Waals surface area (Å²) in [5.41, 5.74) is 2.46. The maximum Gasteiger partial charge on any atom is 0.439 e. The van der Waals surface area contributed by atoms with Crippen molar-refractivity contribution in [1.29, 1.82) is 0 Å². The molecule has 11 heteroatoms. The van der Waals surface area contributed by atoms with Gasteiger partial charge in [0.1, 0.15) is 22.7 Å². The van der Waals surface area contributed by atoms with Crippen molar-refractivity contribution in [2.45, 2.75) is 32.5 Å². The second-order valence-electron chi connectivity index (χ2n) is 8.72. The highest BCUT2D eigenvalue weighted by molar-refractivity contribution is 7.15. The molecule has 0 saturated heterocycles. The van der Waals surface area contributed by atoms with E-state index in [0.29, 0.717) is 39.4 Å². The molecule has 2 heterocycles. The second kappa shape index (κ2) is 10.5. The molecular formula is C28H21F4N3O3S. The van der Waals surface area contributed by atoms with E-state index < -0.39 is 23.3 Å². The Morgan fingerprint density at radius 2 is 1.69 bits per heavy atom. The van der Waals surface area contributed by atoms with Gasteiger partial charge in [0.2, 0.25) is 0 Å². The molecular weight excluding hydrogens is 534 g/mol. The summed E-state index contributed by atoms with van der Waals surface area (Å²) in [6.07, 6.45) is -4.20. The van der Waals surface area contributed by atoms with Crippen molar-refractivity contribution in [2.24, 2.45) is 0 Å². The first-order valence-corrected chi connectivity index (χ1v) is 12.7. The zero-order valence-electron chi connectivity index (χ0n) is 20.7. The number of nitrogens with zero attached hydrogens (tertiary/aromatic N) is 2. The van der Waals surface area contributed by atoms with Crippen LogP contribution in [0, 0.1) is 12.7 Å². The average molecular weight is 556 g/mol. The maximum atomic E-state index is 13.6. The fourth-order valence-corrected chi connectivity index (χ4v) is 5.32. The summed E-state index contributed by atoms with van der Waals surface area (Å²) >= 11 is 1.36. The smallest absolute Gasteiger partial charge is 0.439 e. The number of ether oxygens (including phenoxy) is 1. The van der Waals surface area contributed by atoms with Crippen LogP contribution in [0.2, 0.25) is 0 Å². The lowest BCUT2D eigenvalue weighted by atomic mass is 9.98. The summed E-state index contributed by atoms with van der Waals surface area (Å²) in [4.78, 5) is 19.5. The number of aryl methyl sites for hydroxylation is 1. The molecule has 2 aromatic heterocycles. The number of benzene rings is 3. The van der Waals surface area contributed by atoms with Crippen LogP contribution in [0.25, 0.3) is 33.1 Å². The number of nitrogens with one attached hydrogen (secondary N) is 1. The minimum absolute atomic E-state index is 0.220. The van der Waals surface area contributed by atoms with Crippen molar-refractivity contribution in [2.75, 3.05) is 0 Å². The molecule has 0 aliphatic heterocycles. The molecule has 200 valence electrons. The van der Waals surface area contributed by atoms with Gasteiger partial charge < -0.3 is 4.74 Å². The highest BCUT2D eigenvalue weighted by Gasteiger charge is 2.30. The SMILES string of the molecule is CCC(Oc1ccc(-c2noc(=O)[nH]2)c(-c2ccc(F)cc2)c1)c1sc(-c2ccc(C(F)(F)F)cc2)nc1C. The summed E-state index contributed by atoms with van der Waals surface area (Å²) < 4.78 is 63.5. The van der Waals surface area contributed by atoms with E-state index in [-0.39, 0.29) is 11.9 Å².